The van der Waals surface area contributed by atoms with Crippen LogP contribution >= 0.6 is 0 Å². The molecular formula is C8H14. The van der Waals surface area contributed by atoms with Crippen molar-refractivity contribution in [2.45, 2.75) is 26.7 Å². The van der Waals surface area contributed by atoms with Crippen molar-refractivity contribution >= 4 is 0 Å². The quantitative estimate of drug-likeness (QED) is 0.479. The van der Waals surface area contributed by atoms with Gasteiger partial charge in [-0.1, -0.05) is 26.0 Å². The lowest BCUT2D eigenvalue weighted by atomic mass is 10.0. The van der Waals surface area contributed by atoms with Crippen molar-refractivity contribution in [3.05, 3.63) is 12.2 Å². The molecule has 1 fully saturated rings. The van der Waals surface area contributed by atoms with Gasteiger partial charge in [-0.2, -0.15) is 0 Å². The van der Waals surface area contributed by atoms with Gasteiger partial charge in [-0.05, 0) is 24.7 Å². The molecule has 0 amide bonds. The number of hydrogen-bond acceptors (Lipinski definition) is 0. The lowest BCUT2D eigenvalue weighted by Crippen LogP contribution is -1.92. The molecule has 0 heteroatoms. The summed E-state index contributed by atoms with van der Waals surface area (Å²) in [5, 5.41) is 0. The highest BCUT2D eigenvalue weighted by Gasteiger charge is 2.25. The fourth-order valence-electron chi connectivity index (χ4n) is 0.926. The maximum atomic E-state index is 4.02. The zero-order valence-corrected chi connectivity index (χ0v) is 5.78. The van der Waals surface area contributed by atoms with Gasteiger partial charge in [0.15, 0.2) is 0 Å². The van der Waals surface area contributed by atoms with Gasteiger partial charge in [-0.25, -0.2) is 0 Å². The van der Waals surface area contributed by atoms with E-state index >= 15 is 0 Å². The summed E-state index contributed by atoms with van der Waals surface area (Å²) in [5.41, 5.74) is 1.46. The van der Waals surface area contributed by atoms with Gasteiger partial charge in [0.05, 0.1) is 0 Å². The Morgan fingerprint density at radius 2 is 2.00 bits per heavy atom. The molecule has 0 aliphatic heterocycles. The summed E-state index contributed by atoms with van der Waals surface area (Å²) in [6.07, 6.45) is 2.80. The van der Waals surface area contributed by atoms with Crippen LogP contribution in [0.1, 0.15) is 26.7 Å². The maximum Gasteiger partial charge on any atom is -0.0203 e. The van der Waals surface area contributed by atoms with Crippen molar-refractivity contribution in [1.29, 1.82) is 0 Å². The van der Waals surface area contributed by atoms with Crippen molar-refractivity contribution in [3.63, 3.8) is 0 Å². The summed E-state index contributed by atoms with van der Waals surface area (Å²) < 4.78 is 0. The van der Waals surface area contributed by atoms with E-state index in [-0.39, 0.29) is 0 Å². The highest BCUT2D eigenvalue weighted by atomic mass is 14.3. The average molecular weight is 110 g/mol. The number of allylic oxidation sites excluding steroid dienone is 1. The van der Waals surface area contributed by atoms with Crippen molar-refractivity contribution < 1.29 is 0 Å². The molecule has 0 saturated heterocycles. The van der Waals surface area contributed by atoms with E-state index in [4.69, 9.17) is 0 Å². The molecule has 0 aromatic heterocycles. The van der Waals surface area contributed by atoms with E-state index < -0.39 is 0 Å². The van der Waals surface area contributed by atoms with Gasteiger partial charge < -0.3 is 0 Å². The zero-order valence-electron chi connectivity index (χ0n) is 5.78. The summed E-state index contributed by atoms with van der Waals surface area (Å²) >= 11 is 0. The lowest BCUT2D eigenvalue weighted by Gasteiger charge is -2.05. The lowest BCUT2D eigenvalue weighted by molar-refractivity contribution is 0.709. The first-order valence-corrected chi connectivity index (χ1v) is 3.40. The average Bonchev–Trinajstić information content (AvgIpc) is 2.43. The molecule has 1 rings (SSSR count). The fraction of sp³-hybridized carbons (Fsp3) is 0.750. The van der Waals surface area contributed by atoms with Crippen LogP contribution in [-0.2, 0) is 0 Å². The molecular weight excluding hydrogens is 96.1 g/mol. The minimum atomic E-state index is 0.711. The first-order valence-electron chi connectivity index (χ1n) is 3.40. The number of rotatable bonds is 2. The standard InChI is InChI=1S/C8H14/c1-6(2)7(3)8-4-5-8/h6,8H,3-5H2,1-2H3. The molecule has 0 heterocycles. The molecule has 0 spiro atoms. The van der Waals surface area contributed by atoms with Crippen LogP contribution in [0, 0.1) is 11.8 Å². The van der Waals surface area contributed by atoms with Crippen LogP contribution in [0.2, 0.25) is 0 Å². The van der Waals surface area contributed by atoms with Crippen LogP contribution in [0.15, 0.2) is 12.2 Å². The van der Waals surface area contributed by atoms with Gasteiger partial charge >= 0.3 is 0 Å². The van der Waals surface area contributed by atoms with E-state index in [0.29, 0.717) is 5.92 Å². The van der Waals surface area contributed by atoms with Crippen LogP contribution in [0.5, 0.6) is 0 Å². The van der Waals surface area contributed by atoms with Gasteiger partial charge in [-0.15, -0.1) is 0 Å². The van der Waals surface area contributed by atoms with Crippen molar-refractivity contribution in [2.24, 2.45) is 11.8 Å². The van der Waals surface area contributed by atoms with Crippen LogP contribution in [-0.4, -0.2) is 0 Å². The minimum absolute atomic E-state index is 0.711. The largest absolute Gasteiger partial charge is 0.0993 e. The zero-order chi connectivity index (χ0) is 6.15. The second-order valence-electron chi connectivity index (χ2n) is 3.00. The molecule has 0 aromatic rings. The second-order valence-corrected chi connectivity index (χ2v) is 3.00. The van der Waals surface area contributed by atoms with Crippen molar-refractivity contribution in [2.75, 3.05) is 0 Å². The Labute approximate surface area is 51.6 Å². The molecule has 0 atom stereocenters. The smallest absolute Gasteiger partial charge is 0.0203 e. The first-order chi connectivity index (χ1) is 3.72. The molecule has 0 nitrogen and oxygen atoms in total. The van der Waals surface area contributed by atoms with E-state index in [9.17, 15) is 0 Å². The molecule has 0 radical (unpaired) electrons. The van der Waals surface area contributed by atoms with E-state index in [1.54, 1.807) is 0 Å². The second kappa shape index (κ2) is 1.93. The normalized spacial score (nSPS) is 19.4. The molecule has 0 unspecified atom stereocenters. The summed E-state index contributed by atoms with van der Waals surface area (Å²) in [4.78, 5) is 0. The molecule has 1 aliphatic rings. The van der Waals surface area contributed by atoms with E-state index in [0.717, 1.165) is 5.92 Å². The Bertz CT molecular complexity index is 92.6. The summed E-state index contributed by atoms with van der Waals surface area (Å²) in [7, 11) is 0. The molecule has 1 saturated carbocycles. The Balaban J connectivity index is 2.33. The third-order valence-electron chi connectivity index (χ3n) is 1.84. The predicted molar refractivity (Wildman–Crippen MR) is 36.7 cm³/mol. The molecule has 8 heavy (non-hydrogen) atoms. The predicted octanol–water partition coefficient (Wildman–Crippen LogP) is 2.61. The molecule has 0 bridgehead atoms. The Morgan fingerprint density at radius 3 is 2.12 bits per heavy atom. The highest BCUT2D eigenvalue weighted by molar-refractivity contribution is 5.09. The molecule has 1 aliphatic carbocycles. The SMILES string of the molecule is C=C(C(C)C)C1CC1. The van der Waals surface area contributed by atoms with Gasteiger partial charge in [-0.3, -0.25) is 0 Å². The first kappa shape index (κ1) is 5.87. The van der Waals surface area contributed by atoms with Crippen molar-refractivity contribution in [3.8, 4) is 0 Å². The number of hydrogen-bond donors (Lipinski definition) is 0. The van der Waals surface area contributed by atoms with Crippen LogP contribution in [0.3, 0.4) is 0 Å². The third kappa shape index (κ3) is 1.12. The fourth-order valence-corrected chi connectivity index (χ4v) is 0.926. The van der Waals surface area contributed by atoms with E-state index in [2.05, 4.69) is 20.4 Å². The monoisotopic (exact) mass is 110 g/mol. The Hall–Kier alpha value is -0.260. The van der Waals surface area contributed by atoms with Crippen molar-refractivity contribution in [1.82, 2.24) is 0 Å². The van der Waals surface area contributed by atoms with Crippen LogP contribution < -0.4 is 0 Å². The highest BCUT2D eigenvalue weighted by Crippen LogP contribution is 2.38. The molecule has 0 N–H and O–H groups in total. The minimum Gasteiger partial charge on any atom is -0.0993 e. The Morgan fingerprint density at radius 1 is 1.50 bits per heavy atom. The van der Waals surface area contributed by atoms with Gasteiger partial charge in [0, 0.05) is 0 Å². The summed E-state index contributed by atoms with van der Waals surface area (Å²) in [6, 6.07) is 0. The summed E-state index contributed by atoms with van der Waals surface area (Å²) in [5.74, 6) is 1.61. The van der Waals surface area contributed by atoms with Gasteiger partial charge in [0.25, 0.3) is 0 Å². The van der Waals surface area contributed by atoms with Crippen LogP contribution in [0.4, 0.5) is 0 Å². The van der Waals surface area contributed by atoms with Gasteiger partial charge in [0.1, 0.15) is 0 Å². The topological polar surface area (TPSA) is 0 Å². The molecule has 0 aromatic carbocycles. The van der Waals surface area contributed by atoms with E-state index in [1.165, 1.54) is 18.4 Å². The van der Waals surface area contributed by atoms with E-state index in [1.807, 2.05) is 0 Å². The summed E-state index contributed by atoms with van der Waals surface area (Å²) in [6.45, 7) is 8.46. The Kier molecular flexibility index (Phi) is 1.41. The van der Waals surface area contributed by atoms with Gasteiger partial charge in [0.2, 0.25) is 0 Å². The molecule has 46 valence electrons. The maximum absolute atomic E-state index is 4.02. The third-order valence-corrected chi connectivity index (χ3v) is 1.84. The van der Waals surface area contributed by atoms with Crippen LogP contribution in [0.25, 0.3) is 0 Å².